The van der Waals surface area contributed by atoms with E-state index in [2.05, 4.69) is 0 Å². The zero-order valence-corrected chi connectivity index (χ0v) is 19.3. The first-order valence-electron chi connectivity index (χ1n) is 9.88. The first-order chi connectivity index (χ1) is 15.6. The summed E-state index contributed by atoms with van der Waals surface area (Å²) >= 11 is 5.93. The standard InChI is InChI=1S/C24H19ClF2N2O3S/c1-28(14-16-5-8-18(26)12-22(16)27)33(31,32)19-9-10-23-20(13-19)21(24(30)29(23)2)11-15-3-6-17(25)7-4-15/h3-13H,14H2,1-2H3/b21-11+. The predicted molar refractivity (Wildman–Crippen MR) is 124 cm³/mol. The van der Waals surface area contributed by atoms with Gasteiger partial charge in [-0.2, -0.15) is 4.31 Å². The molecule has 0 saturated heterocycles. The van der Waals surface area contributed by atoms with Gasteiger partial charge in [-0.3, -0.25) is 4.79 Å². The minimum Gasteiger partial charge on any atom is -0.311 e. The molecule has 1 amide bonds. The molecule has 0 unspecified atom stereocenters. The molecule has 0 aliphatic carbocycles. The second-order valence-corrected chi connectivity index (χ2v) is 10.1. The van der Waals surface area contributed by atoms with Gasteiger partial charge in [0.1, 0.15) is 11.6 Å². The fourth-order valence-electron chi connectivity index (χ4n) is 3.61. The van der Waals surface area contributed by atoms with Crippen molar-refractivity contribution >= 4 is 44.9 Å². The van der Waals surface area contributed by atoms with Crippen molar-refractivity contribution in [3.8, 4) is 0 Å². The third-order valence-electron chi connectivity index (χ3n) is 5.45. The van der Waals surface area contributed by atoms with Crippen molar-refractivity contribution in [1.82, 2.24) is 4.31 Å². The van der Waals surface area contributed by atoms with E-state index < -0.39 is 21.7 Å². The van der Waals surface area contributed by atoms with E-state index in [0.717, 1.165) is 15.9 Å². The Morgan fingerprint density at radius 3 is 2.39 bits per heavy atom. The summed E-state index contributed by atoms with van der Waals surface area (Å²) in [6.07, 6.45) is 1.68. The molecule has 170 valence electrons. The van der Waals surface area contributed by atoms with Crippen molar-refractivity contribution in [2.24, 2.45) is 0 Å². The number of anilines is 1. The number of rotatable bonds is 5. The van der Waals surface area contributed by atoms with Gasteiger partial charge < -0.3 is 4.90 Å². The van der Waals surface area contributed by atoms with Crippen LogP contribution in [0.4, 0.5) is 14.5 Å². The Labute approximate surface area is 195 Å². The van der Waals surface area contributed by atoms with E-state index >= 15 is 0 Å². The lowest BCUT2D eigenvalue weighted by atomic mass is 10.0. The highest BCUT2D eigenvalue weighted by Crippen LogP contribution is 2.38. The minimum atomic E-state index is -4.02. The summed E-state index contributed by atoms with van der Waals surface area (Å²) in [7, 11) is -1.10. The number of hydrogen-bond acceptors (Lipinski definition) is 3. The number of carbonyl (C=O) groups is 1. The van der Waals surface area contributed by atoms with Crippen molar-refractivity contribution in [2.75, 3.05) is 19.0 Å². The predicted octanol–water partition coefficient (Wildman–Crippen LogP) is 4.96. The van der Waals surface area contributed by atoms with Crippen LogP contribution < -0.4 is 4.90 Å². The normalized spacial score (nSPS) is 14.9. The number of likely N-dealkylation sites (N-methyl/N-ethyl adjacent to an activating group) is 1. The molecule has 0 atom stereocenters. The molecule has 5 nitrogen and oxygen atoms in total. The SMILES string of the molecule is CN1C(=O)/C(=C/c2ccc(Cl)cc2)c2cc(S(=O)(=O)N(C)Cc3ccc(F)cc3F)ccc21. The van der Waals surface area contributed by atoms with Crippen LogP contribution in [-0.4, -0.2) is 32.7 Å². The Kier molecular flexibility index (Phi) is 6.09. The van der Waals surface area contributed by atoms with Gasteiger partial charge in [-0.05, 0) is 48.0 Å². The second kappa shape index (κ2) is 8.70. The Balaban J connectivity index is 1.71. The van der Waals surface area contributed by atoms with Crippen LogP contribution in [0.25, 0.3) is 11.6 Å². The lowest BCUT2D eigenvalue weighted by molar-refractivity contribution is -0.112. The van der Waals surface area contributed by atoms with E-state index in [1.54, 1.807) is 43.5 Å². The highest BCUT2D eigenvalue weighted by molar-refractivity contribution is 7.89. The Hall–Kier alpha value is -3.07. The number of hydrogen-bond donors (Lipinski definition) is 0. The molecule has 0 bridgehead atoms. The molecule has 1 aliphatic heterocycles. The van der Waals surface area contributed by atoms with Crippen LogP contribution in [0.1, 0.15) is 16.7 Å². The van der Waals surface area contributed by atoms with Crippen LogP contribution >= 0.6 is 11.6 Å². The van der Waals surface area contributed by atoms with E-state index in [9.17, 15) is 22.0 Å². The second-order valence-electron chi connectivity index (χ2n) is 7.65. The molecule has 1 heterocycles. The molecule has 0 radical (unpaired) electrons. The van der Waals surface area contributed by atoms with Crippen LogP contribution in [0.5, 0.6) is 0 Å². The zero-order valence-electron chi connectivity index (χ0n) is 17.7. The number of amides is 1. The summed E-state index contributed by atoms with van der Waals surface area (Å²) in [6, 6.07) is 14.3. The summed E-state index contributed by atoms with van der Waals surface area (Å²) in [5, 5.41) is 0.557. The van der Waals surface area contributed by atoms with Gasteiger partial charge in [-0.1, -0.05) is 29.8 Å². The average Bonchev–Trinajstić information content (AvgIpc) is 3.01. The number of carbonyl (C=O) groups excluding carboxylic acids is 1. The Morgan fingerprint density at radius 2 is 1.73 bits per heavy atom. The maximum Gasteiger partial charge on any atom is 0.258 e. The number of halogens is 3. The van der Waals surface area contributed by atoms with Crippen LogP contribution in [0.15, 0.2) is 65.6 Å². The third-order valence-corrected chi connectivity index (χ3v) is 7.50. The zero-order chi connectivity index (χ0) is 23.9. The molecule has 0 N–H and O–H groups in total. The molecular weight excluding hydrogens is 470 g/mol. The molecular formula is C24H19ClF2N2O3S. The lowest BCUT2D eigenvalue weighted by Gasteiger charge is -2.18. The van der Waals surface area contributed by atoms with Crippen LogP contribution in [0.3, 0.4) is 0 Å². The molecule has 33 heavy (non-hydrogen) atoms. The molecule has 3 aromatic rings. The van der Waals surface area contributed by atoms with Gasteiger partial charge in [0.25, 0.3) is 5.91 Å². The van der Waals surface area contributed by atoms with E-state index in [4.69, 9.17) is 11.6 Å². The van der Waals surface area contributed by atoms with Crippen LogP contribution in [0, 0.1) is 11.6 Å². The summed E-state index contributed by atoms with van der Waals surface area (Å²) in [5.41, 5.74) is 2.17. The maximum atomic E-state index is 14.0. The van der Waals surface area contributed by atoms with Gasteiger partial charge in [-0.25, -0.2) is 17.2 Å². The van der Waals surface area contributed by atoms with E-state index in [-0.39, 0.29) is 22.9 Å². The number of sulfonamides is 1. The Bertz CT molecular complexity index is 1390. The van der Waals surface area contributed by atoms with Crippen molar-refractivity contribution in [3.63, 3.8) is 0 Å². The lowest BCUT2D eigenvalue weighted by Crippen LogP contribution is -2.27. The monoisotopic (exact) mass is 488 g/mol. The van der Waals surface area contributed by atoms with Crippen LogP contribution in [-0.2, 0) is 21.4 Å². The minimum absolute atomic E-state index is 0.0434. The van der Waals surface area contributed by atoms with Gasteiger partial charge in [0.15, 0.2) is 0 Å². The molecule has 0 fully saturated rings. The highest BCUT2D eigenvalue weighted by Gasteiger charge is 2.32. The molecule has 0 spiro atoms. The van der Waals surface area contributed by atoms with Gasteiger partial charge in [0, 0.05) is 48.4 Å². The van der Waals surface area contributed by atoms with Crippen molar-refractivity contribution in [2.45, 2.75) is 11.4 Å². The van der Waals surface area contributed by atoms with Crippen molar-refractivity contribution < 1.29 is 22.0 Å². The molecule has 4 rings (SSSR count). The van der Waals surface area contributed by atoms with Gasteiger partial charge >= 0.3 is 0 Å². The molecule has 1 aliphatic rings. The highest BCUT2D eigenvalue weighted by atomic mass is 35.5. The molecule has 0 saturated carbocycles. The van der Waals surface area contributed by atoms with Gasteiger partial charge in [0.05, 0.1) is 10.6 Å². The summed E-state index contributed by atoms with van der Waals surface area (Å²) in [6.45, 7) is -0.280. The van der Waals surface area contributed by atoms with Crippen LogP contribution in [0.2, 0.25) is 5.02 Å². The van der Waals surface area contributed by atoms with Gasteiger partial charge in [0.2, 0.25) is 10.0 Å². The summed E-state index contributed by atoms with van der Waals surface area (Å²) in [5.74, 6) is -1.84. The fraction of sp³-hybridized carbons (Fsp3) is 0.125. The summed E-state index contributed by atoms with van der Waals surface area (Å²) < 4.78 is 54.5. The van der Waals surface area contributed by atoms with E-state index in [1.165, 1.54) is 30.1 Å². The van der Waals surface area contributed by atoms with Crippen molar-refractivity contribution in [1.29, 1.82) is 0 Å². The Morgan fingerprint density at radius 1 is 1.03 bits per heavy atom. The van der Waals surface area contributed by atoms with E-state index in [1.807, 2.05) is 0 Å². The number of fused-ring (bicyclic) bond motifs is 1. The maximum absolute atomic E-state index is 14.0. The van der Waals surface area contributed by atoms with Gasteiger partial charge in [-0.15, -0.1) is 0 Å². The fourth-order valence-corrected chi connectivity index (χ4v) is 4.91. The largest absolute Gasteiger partial charge is 0.311 e. The first-order valence-corrected chi connectivity index (χ1v) is 11.7. The smallest absolute Gasteiger partial charge is 0.258 e. The topological polar surface area (TPSA) is 57.7 Å². The molecule has 9 heteroatoms. The number of nitrogens with zero attached hydrogens (tertiary/aromatic N) is 2. The summed E-state index contributed by atoms with van der Waals surface area (Å²) in [4.78, 5) is 14.2. The molecule has 0 aromatic heterocycles. The average molecular weight is 489 g/mol. The third kappa shape index (κ3) is 4.42. The quantitative estimate of drug-likeness (QED) is 0.477. The number of benzene rings is 3. The van der Waals surface area contributed by atoms with E-state index in [0.29, 0.717) is 27.9 Å². The molecule has 3 aromatic carbocycles. The van der Waals surface area contributed by atoms with Crippen molar-refractivity contribution in [3.05, 3.63) is 94.0 Å². The first kappa shape index (κ1) is 23.1.